The predicted octanol–water partition coefficient (Wildman–Crippen LogP) is 4.83. The lowest BCUT2D eigenvalue weighted by Gasteiger charge is -2.05. The molecule has 0 spiro atoms. The number of thioether (sulfide) groups is 1. The van der Waals surface area contributed by atoms with Crippen LogP contribution in [0.1, 0.15) is 18.1 Å². The summed E-state index contributed by atoms with van der Waals surface area (Å²) >= 11 is 7.33. The molecule has 0 radical (unpaired) electrons. The van der Waals surface area contributed by atoms with E-state index in [1.165, 1.54) is 5.56 Å². The van der Waals surface area contributed by atoms with Crippen LogP contribution in [-0.2, 0) is 10.5 Å². The standard InChI is InChI=1S/C17H16BrIN2OS/c1-12(13-6-4-7-15(19)9-13)20-21-17(22)11-23-10-14-5-2-3-8-16(14)18/h2-9H,10-11H2,1H3,(H,21,22)/b20-12-. The average Bonchev–Trinajstić information content (AvgIpc) is 2.54. The third-order valence-electron chi connectivity index (χ3n) is 3.04. The van der Waals surface area contributed by atoms with Crippen molar-refractivity contribution in [3.8, 4) is 0 Å². The van der Waals surface area contributed by atoms with Crippen LogP contribution in [0.25, 0.3) is 0 Å². The number of hydrogen-bond donors (Lipinski definition) is 1. The quantitative estimate of drug-likeness (QED) is 0.349. The predicted molar refractivity (Wildman–Crippen MR) is 110 cm³/mol. The van der Waals surface area contributed by atoms with Gasteiger partial charge in [0.15, 0.2) is 0 Å². The molecule has 0 saturated carbocycles. The first-order valence-corrected chi connectivity index (χ1v) is 9.99. The molecule has 0 unspecified atom stereocenters. The Kier molecular flexibility index (Phi) is 7.58. The average molecular weight is 503 g/mol. The Balaban J connectivity index is 1.81. The SMILES string of the molecule is C/C(=N/NC(=O)CSCc1ccccc1Br)c1cccc(I)c1. The van der Waals surface area contributed by atoms with E-state index in [0.717, 1.165) is 25.1 Å². The second-order valence-electron chi connectivity index (χ2n) is 4.83. The van der Waals surface area contributed by atoms with Crippen molar-refractivity contribution < 1.29 is 4.79 Å². The van der Waals surface area contributed by atoms with Crippen LogP contribution in [0.3, 0.4) is 0 Å². The summed E-state index contributed by atoms with van der Waals surface area (Å²) in [5.74, 6) is 1.07. The lowest BCUT2D eigenvalue weighted by atomic mass is 10.1. The zero-order chi connectivity index (χ0) is 16.7. The van der Waals surface area contributed by atoms with Gasteiger partial charge < -0.3 is 0 Å². The number of halogens is 2. The van der Waals surface area contributed by atoms with Gasteiger partial charge in [-0.2, -0.15) is 5.10 Å². The van der Waals surface area contributed by atoms with Gasteiger partial charge in [-0.1, -0.05) is 46.3 Å². The number of carbonyl (C=O) groups excluding carboxylic acids is 1. The van der Waals surface area contributed by atoms with E-state index in [9.17, 15) is 4.79 Å². The van der Waals surface area contributed by atoms with Crippen LogP contribution in [0.4, 0.5) is 0 Å². The van der Waals surface area contributed by atoms with Crippen molar-refractivity contribution in [1.82, 2.24) is 5.43 Å². The van der Waals surface area contributed by atoms with Crippen molar-refractivity contribution in [3.05, 3.63) is 67.7 Å². The molecule has 3 nitrogen and oxygen atoms in total. The van der Waals surface area contributed by atoms with Crippen LogP contribution in [0, 0.1) is 3.57 Å². The first-order valence-electron chi connectivity index (χ1n) is 6.96. The van der Waals surface area contributed by atoms with E-state index in [4.69, 9.17) is 0 Å². The summed E-state index contributed by atoms with van der Waals surface area (Å²) in [7, 11) is 0. The highest BCUT2D eigenvalue weighted by atomic mass is 127. The van der Waals surface area contributed by atoms with Crippen LogP contribution in [0.2, 0.25) is 0 Å². The molecule has 120 valence electrons. The molecule has 2 aromatic carbocycles. The minimum absolute atomic E-state index is 0.0907. The number of carbonyl (C=O) groups is 1. The molecule has 0 aliphatic heterocycles. The first kappa shape index (κ1) is 18.5. The van der Waals surface area contributed by atoms with Gasteiger partial charge in [0.05, 0.1) is 11.5 Å². The van der Waals surface area contributed by atoms with Gasteiger partial charge in [0.1, 0.15) is 0 Å². The van der Waals surface area contributed by atoms with E-state index in [1.807, 2.05) is 55.5 Å². The zero-order valence-electron chi connectivity index (χ0n) is 12.6. The molecule has 0 aromatic heterocycles. The monoisotopic (exact) mass is 502 g/mol. The van der Waals surface area contributed by atoms with Gasteiger partial charge in [0.25, 0.3) is 0 Å². The maximum absolute atomic E-state index is 11.9. The van der Waals surface area contributed by atoms with Crippen LogP contribution in [0.5, 0.6) is 0 Å². The number of nitrogens with zero attached hydrogens (tertiary/aromatic N) is 1. The molecule has 0 aliphatic rings. The van der Waals surface area contributed by atoms with Crippen LogP contribution < -0.4 is 5.43 Å². The lowest BCUT2D eigenvalue weighted by molar-refractivity contribution is -0.118. The van der Waals surface area contributed by atoms with Crippen LogP contribution >= 0.6 is 50.3 Å². The highest BCUT2D eigenvalue weighted by Gasteiger charge is 2.04. The number of hydrazone groups is 1. The van der Waals surface area contributed by atoms with Gasteiger partial charge >= 0.3 is 0 Å². The van der Waals surface area contributed by atoms with E-state index >= 15 is 0 Å². The topological polar surface area (TPSA) is 41.5 Å². The Hall–Kier alpha value is -0.860. The van der Waals surface area contributed by atoms with Crippen LogP contribution in [-0.4, -0.2) is 17.4 Å². The van der Waals surface area contributed by atoms with E-state index in [0.29, 0.717) is 5.75 Å². The second kappa shape index (κ2) is 9.44. The molecule has 23 heavy (non-hydrogen) atoms. The smallest absolute Gasteiger partial charge is 0.250 e. The van der Waals surface area contributed by atoms with E-state index in [-0.39, 0.29) is 5.91 Å². The molecule has 0 bridgehead atoms. The Morgan fingerprint density at radius 3 is 2.78 bits per heavy atom. The maximum Gasteiger partial charge on any atom is 0.250 e. The van der Waals surface area contributed by atoms with Crippen molar-refractivity contribution >= 4 is 61.9 Å². The summed E-state index contributed by atoms with van der Waals surface area (Å²) in [6.07, 6.45) is 0. The van der Waals surface area contributed by atoms with Gasteiger partial charge in [-0.05, 0) is 58.8 Å². The fourth-order valence-corrected chi connectivity index (χ4v) is 3.80. The van der Waals surface area contributed by atoms with Crippen molar-refractivity contribution in [1.29, 1.82) is 0 Å². The second-order valence-corrected chi connectivity index (χ2v) is 7.91. The molecule has 6 heteroatoms. The zero-order valence-corrected chi connectivity index (χ0v) is 17.1. The summed E-state index contributed by atoms with van der Waals surface area (Å²) in [6.45, 7) is 1.89. The Labute approximate surface area is 162 Å². The number of benzene rings is 2. The van der Waals surface area contributed by atoms with Crippen molar-refractivity contribution in [2.45, 2.75) is 12.7 Å². The first-order chi connectivity index (χ1) is 11.1. The summed E-state index contributed by atoms with van der Waals surface area (Å²) in [4.78, 5) is 11.9. The molecule has 0 heterocycles. The van der Waals surface area contributed by atoms with Crippen molar-refractivity contribution in [2.24, 2.45) is 5.10 Å². The third kappa shape index (κ3) is 6.27. The fraction of sp³-hybridized carbons (Fsp3) is 0.176. The van der Waals surface area contributed by atoms with Gasteiger partial charge in [-0.3, -0.25) is 4.79 Å². The molecule has 0 fully saturated rings. The molecular formula is C17H16BrIN2OS. The minimum Gasteiger partial charge on any atom is -0.272 e. The molecular weight excluding hydrogens is 487 g/mol. The van der Waals surface area contributed by atoms with Crippen molar-refractivity contribution in [3.63, 3.8) is 0 Å². The highest BCUT2D eigenvalue weighted by molar-refractivity contribution is 14.1. The Morgan fingerprint density at radius 1 is 1.26 bits per heavy atom. The number of nitrogens with one attached hydrogen (secondary N) is 1. The number of amides is 1. The minimum atomic E-state index is -0.0907. The largest absolute Gasteiger partial charge is 0.272 e. The fourth-order valence-electron chi connectivity index (χ4n) is 1.83. The lowest BCUT2D eigenvalue weighted by Crippen LogP contribution is -2.21. The summed E-state index contributed by atoms with van der Waals surface area (Å²) in [5, 5.41) is 4.17. The number of rotatable bonds is 6. The Bertz CT molecular complexity index is 721. The van der Waals surface area contributed by atoms with Gasteiger partial charge in [0, 0.05) is 13.8 Å². The molecule has 1 amide bonds. The summed E-state index contributed by atoms with van der Waals surface area (Å²) in [6, 6.07) is 16.0. The Morgan fingerprint density at radius 2 is 2.04 bits per heavy atom. The van der Waals surface area contributed by atoms with Gasteiger partial charge in [0.2, 0.25) is 5.91 Å². The third-order valence-corrected chi connectivity index (χ3v) is 5.47. The van der Waals surface area contributed by atoms with E-state index < -0.39 is 0 Å². The molecule has 1 N–H and O–H groups in total. The van der Waals surface area contributed by atoms with Crippen LogP contribution in [0.15, 0.2) is 58.1 Å². The van der Waals surface area contributed by atoms with Gasteiger partial charge in [-0.25, -0.2) is 5.43 Å². The molecule has 0 atom stereocenters. The maximum atomic E-state index is 11.9. The van der Waals surface area contributed by atoms with E-state index in [2.05, 4.69) is 49.0 Å². The van der Waals surface area contributed by atoms with E-state index in [1.54, 1.807) is 11.8 Å². The number of hydrogen-bond acceptors (Lipinski definition) is 3. The summed E-state index contributed by atoms with van der Waals surface area (Å²) < 4.78 is 2.21. The summed E-state index contributed by atoms with van der Waals surface area (Å²) in [5.41, 5.74) is 5.61. The molecule has 2 aromatic rings. The normalized spacial score (nSPS) is 11.3. The molecule has 0 saturated heterocycles. The highest BCUT2D eigenvalue weighted by Crippen LogP contribution is 2.21. The van der Waals surface area contributed by atoms with Gasteiger partial charge in [-0.15, -0.1) is 11.8 Å². The molecule has 2 rings (SSSR count). The van der Waals surface area contributed by atoms with Crippen molar-refractivity contribution in [2.75, 3.05) is 5.75 Å². The molecule has 0 aliphatic carbocycles.